The van der Waals surface area contributed by atoms with Gasteiger partial charge in [-0.2, -0.15) is 0 Å². The molecule has 0 heterocycles. The number of amides is 1. The maximum Gasteiger partial charge on any atom is 0.231 e. The fraction of sp³-hybridized carbons (Fsp3) is 0.167. The lowest BCUT2D eigenvalue weighted by atomic mass is 10.0. The van der Waals surface area contributed by atoms with E-state index in [2.05, 4.69) is 21.2 Å². The van der Waals surface area contributed by atoms with E-state index in [1.54, 1.807) is 0 Å². The fourth-order valence-electron chi connectivity index (χ4n) is 3.79. The van der Waals surface area contributed by atoms with Crippen molar-refractivity contribution < 1.29 is 27.2 Å². The van der Waals surface area contributed by atoms with Gasteiger partial charge >= 0.3 is 0 Å². The van der Waals surface area contributed by atoms with Crippen molar-refractivity contribution in [2.45, 2.75) is 16.7 Å². The van der Waals surface area contributed by atoms with Crippen molar-refractivity contribution in [1.29, 1.82) is 0 Å². The van der Waals surface area contributed by atoms with Gasteiger partial charge in [0.25, 0.3) is 0 Å². The van der Waals surface area contributed by atoms with E-state index >= 15 is 0 Å². The van der Waals surface area contributed by atoms with Crippen LogP contribution in [0.2, 0.25) is 5.02 Å². The molecule has 11 heteroatoms. The Morgan fingerprint density at radius 3 is 2.23 bits per heavy atom. The van der Waals surface area contributed by atoms with Gasteiger partial charge in [-0.05, 0) is 63.5 Å². The zero-order chi connectivity index (χ0) is 25.7. The highest BCUT2D eigenvalue weighted by molar-refractivity contribution is 9.10. The lowest BCUT2D eigenvalue weighted by molar-refractivity contribution is -0.117. The molecule has 0 spiro atoms. The van der Waals surface area contributed by atoms with Crippen LogP contribution in [-0.2, 0) is 11.2 Å². The molecule has 1 fully saturated rings. The van der Waals surface area contributed by atoms with Gasteiger partial charge in [0.1, 0.15) is 27.6 Å². The number of hydrogen-bond donors (Lipinski definition) is 1. The molecule has 3 nitrogen and oxygen atoms in total. The van der Waals surface area contributed by atoms with Crippen molar-refractivity contribution in [2.24, 2.45) is 5.92 Å². The highest BCUT2D eigenvalue weighted by Gasteiger charge is 2.67. The van der Waals surface area contributed by atoms with E-state index in [4.69, 9.17) is 34.8 Å². The van der Waals surface area contributed by atoms with Crippen LogP contribution in [0.1, 0.15) is 27.4 Å². The summed E-state index contributed by atoms with van der Waals surface area (Å²) in [6, 6.07) is 9.02. The lowest BCUT2D eigenvalue weighted by Crippen LogP contribution is -2.17. The molecule has 3 aromatic carbocycles. The monoisotopic (exact) mass is 607 g/mol. The largest absolute Gasteiger partial charge is 0.326 e. The quantitative estimate of drug-likeness (QED) is 0.135. The molecule has 4 rings (SSSR count). The van der Waals surface area contributed by atoms with Crippen LogP contribution in [0.3, 0.4) is 0 Å². The molecule has 0 aromatic heterocycles. The van der Waals surface area contributed by atoms with Crippen LogP contribution in [-0.4, -0.2) is 16.0 Å². The Bertz CT molecular complexity index is 1350. The number of nitrogens with one attached hydrogen (secondary N) is 1. The number of hydrogen-bond acceptors (Lipinski definition) is 2. The van der Waals surface area contributed by atoms with Crippen LogP contribution in [0.5, 0.6) is 0 Å². The first-order valence-electron chi connectivity index (χ1n) is 10.00. The van der Waals surface area contributed by atoms with Crippen LogP contribution in [0.15, 0.2) is 53.0 Å². The SMILES string of the molecule is O=C(Cc1ccc(F)cc1F)c1cc(NC(=O)C2C(c3cc(F)c(Br)c(F)c3)C2(Cl)Cl)ccc1Cl. The second kappa shape index (κ2) is 9.73. The number of carbonyl (C=O) groups excluding carboxylic acids is 2. The van der Waals surface area contributed by atoms with Crippen molar-refractivity contribution in [1.82, 2.24) is 0 Å². The summed E-state index contributed by atoms with van der Waals surface area (Å²) in [5.74, 6) is -6.50. The molecule has 0 aliphatic heterocycles. The highest BCUT2D eigenvalue weighted by Crippen LogP contribution is 2.65. The van der Waals surface area contributed by atoms with Crippen LogP contribution < -0.4 is 5.32 Å². The number of Topliss-reactive ketones (excluding diaryl/α,β-unsaturated/α-hetero) is 1. The van der Waals surface area contributed by atoms with E-state index in [1.807, 2.05) is 0 Å². The summed E-state index contributed by atoms with van der Waals surface area (Å²) in [7, 11) is 0. The van der Waals surface area contributed by atoms with Crippen molar-refractivity contribution in [2.75, 3.05) is 5.32 Å². The second-order valence-electron chi connectivity index (χ2n) is 7.95. The van der Waals surface area contributed by atoms with Gasteiger partial charge in [0.2, 0.25) is 5.91 Å². The minimum Gasteiger partial charge on any atom is -0.326 e. The van der Waals surface area contributed by atoms with Crippen molar-refractivity contribution in [3.05, 3.63) is 98.0 Å². The van der Waals surface area contributed by atoms with Crippen LogP contribution in [0, 0.1) is 29.2 Å². The van der Waals surface area contributed by atoms with E-state index in [-0.39, 0.29) is 38.3 Å². The molecule has 1 aliphatic carbocycles. The number of anilines is 1. The first kappa shape index (κ1) is 25.9. The van der Waals surface area contributed by atoms with Gasteiger partial charge in [0, 0.05) is 29.7 Å². The minimum atomic E-state index is -1.61. The zero-order valence-corrected chi connectivity index (χ0v) is 21.2. The molecule has 0 saturated heterocycles. The summed E-state index contributed by atoms with van der Waals surface area (Å²) in [5.41, 5.74) is 0.262. The minimum absolute atomic E-state index is 0.000556. The predicted molar refractivity (Wildman–Crippen MR) is 129 cm³/mol. The Kier molecular flexibility index (Phi) is 7.21. The first-order valence-corrected chi connectivity index (χ1v) is 11.9. The Balaban J connectivity index is 1.52. The summed E-state index contributed by atoms with van der Waals surface area (Å²) in [6.07, 6.45) is -0.388. The van der Waals surface area contributed by atoms with Crippen LogP contribution in [0.25, 0.3) is 0 Å². The number of carbonyl (C=O) groups is 2. The smallest absolute Gasteiger partial charge is 0.231 e. The van der Waals surface area contributed by atoms with Crippen LogP contribution >= 0.6 is 50.7 Å². The average molecular weight is 610 g/mol. The molecule has 0 radical (unpaired) electrons. The molecule has 1 amide bonds. The number of rotatable bonds is 6. The summed E-state index contributed by atoms with van der Waals surface area (Å²) in [6.45, 7) is 0. The van der Waals surface area contributed by atoms with Gasteiger partial charge in [0.15, 0.2) is 5.78 Å². The van der Waals surface area contributed by atoms with Crippen molar-refractivity contribution >= 4 is 68.1 Å². The van der Waals surface area contributed by atoms with E-state index in [0.717, 1.165) is 24.3 Å². The summed E-state index contributed by atoms with van der Waals surface area (Å²) >= 11 is 21.4. The lowest BCUT2D eigenvalue weighted by Gasteiger charge is -2.10. The van der Waals surface area contributed by atoms with E-state index in [9.17, 15) is 27.2 Å². The molecule has 0 bridgehead atoms. The Morgan fingerprint density at radius 1 is 0.943 bits per heavy atom. The average Bonchev–Trinajstić information content (AvgIpc) is 3.37. The highest BCUT2D eigenvalue weighted by atomic mass is 79.9. The van der Waals surface area contributed by atoms with Gasteiger partial charge in [0.05, 0.1) is 15.4 Å². The summed E-state index contributed by atoms with van der Waals surface area (Å²) in [4.78, 5) is 25.6. The number of ketones is 1. The summed E-state index contributed by atoms with van der Waals surface area (Å²) in [5, 5.41) is 2.63. The molecule has 1 saturated carbocycles. The van der Waals surface area contributed by atoms with Crippen LogP contribution in [0.4, 0.5) is 23.2 Å². The molecule has 2 unspecified atom stereocenters. The molecular formula is C24H13BrCl3F4NO2. The van der Waals surface area contributed by atoms with Gasteiger partial charge < -0.3 is 5.32 Å². The maximum absolute atomic E-state index is 14.0. The molecule has 182 valence electrons. The van der Waals surface area contributed by atoms with Crippen molar-refractivity contribution in [3.8, 4) is 0 Å². The zero-order valence-electron chi connectivity index (χ0n) is 17.3. The molecule has 1 aliphatic rings. The van der Waals surface area contributed by atoms with E-state index in [1.165, 1.54) is 18.2 Å². The molecule has 3 aromatic rings. The molecular weight excluding hydrogens is 597 g/mol. The third-order valence-electron chi connectivity index (χ3n) is 5.60. The maximum atomic E-state index is 14.0. The third-order valence-corrected chi connectivity index (χ3v) is 7.63. The molecule has 2 atom stereocenters. The number of alkyl halides is 2. The Hall–Kier alpha value is -2.13. The third kappa shape index (κ3) is 5.21. The predicted octanol–water partition coefficient (Wildman–Crippen LogP) is 7.61. The second-order valence-corrected chi connectivity index (χ2v) is 10.6. The standard InChI is InChI=1S/C24H13BrCl3F4NO2/c25-22-17(31)5-11(6-18(22)32)20-21(24(20,27)28)23(35)33-13-3-4-15(26)14(9-13)19(34)7-10-1-2-12(29)8-16(10)30/h1-6,8-9,20-21H,7H2,(H,33,35). The van der Waals surface area contributed by atoms with E-state index in [0.29, 0.717) is 6.07 Å². The number of benzene rings is 3. The topological polar surface area (TPSA) is 46.2 Å². The Labute approximate surface area is 220 Å². The van der Waals surface area contributed by atoms with Gasteiger partial charge in [-0.1, -0.05) is 17.7 Å². The molecule has 35 heavy (non-hydrogen) atoms. The van der Waals surface area contributed by atoms with E-state index < -0.39 is 51.1 Å². The van der Waals surface area contributed by atoms with Gasteiger partial charge in [-0.15, -0.1) is 23.2 Å². The van der Waals surface area contributed by atoms with Crippen molar-refractivity contribution in [3.63, 3.8) is 0 Å². The first-order chi connectivity index (χ1) is 16.4. The fourth-order valence-corrected chi connectivity index (χ4v) is 5.07. The Morgan fingerprint density at radius 2 is 1.60 bits per heavy atom. The van der Waals surface area contributed by atoms with Gasteiger partial charge in [-0.3, -0.25) is 9.59 Å². The van der Waals surface area contributed by atoms with Gasteiger partial charge in [-0.25, -0.2) is 17.6 Å². The normalized spacial score (nSPS) is 18.3. The molecule has 1 N–H and O–H groups in total. The summed E-state index contributed by atoms with van der Waals surface area (Å²) < 4.78 is 53.0. The number of halogens is 8.